The van der Waals surface area contributed by atoms with Crippen molar-refractivity contribution in [2.45, 2.75) is 36.4 Å². The number of methoxy groups -OCH3 is 1. The van der Waals surface area contributed by atoms with E-state index < -0.39 is 0 Å². The fourth-order valence-corrected chi connectivity index (χ4v) is 6.24. The lowest BCUT2D eigenvalue weighted by Crippen LogP contribution is -2.15. The minimum atomic E-state index is 0.144. The lowest BCUT2D eigenvalue weighted by Gasteiger charge is -2.27. The average molecular weight is 373 g/mol. The van der Waals surface area contributed by atoms with Crippen LogP contribution in [0.5, 0.6) is 11.5 Å². The van der Waals surface area contributed by atoms with E-state index >= 15 is 0 Å². The van der Waals surface area contributed by atoms with Gasteiger partial charge in [-0.1, -0.05) is 24.3 Å². The first-order chi connectivity index (χ1) is 12.3. The van der Waals surface area contributed by atoms with E-state index in [9.17, 15) is 0 Å². The zero-order valence-corrected chi connectivity index (χ0v) is 16.2. The van der Waals surface area contributed by atoms with E-state index in [4.69, 9.17) is 9.47 Å². The largest absolute Gasteiger partial charge is 0.497 e. The average Bonchev–Trinajstić information content (AvgIpc) is 2.97. The highest BCUT2D eigenvalue weighted by Crippen LogP contribution is 2.45. The number of thioether (sulfide) groups is 2. The van der Waals surface area contributed by atoms with Crippen LogP contribution in [0.1, 0.15) is 46.6 Å². The number of ether oxygens (including phenoxy) is 2. The topological polar surface area (TPSA) is 18.5 Å². The van der Waals surface area contributed by atoms with Crippen molar-refractivity contribution in [3.8, 4) is 11.5 Å². The highest BCUT2D eigenvalue weighted by atomic mass is 32.2. The highest BCUT2D eigenvalue weighted by molar-refractivity contribution is 8.16. The lowest BCUT2D eigenvalue weighted by atomic mass is 9.96. The van der Waals surface area contributed by atoms with Gasteiger partial charge in [0.15, 0.2) is 0 Å². The Labute approximate surface area is 158 Å². The Kier molecular flexibility index (Phi) is 5.47. The lowest BCUT2D eigenvalue weighted by molar-refractivity contribution is 0.176. The Morgan fingerprint density at radius 1 is 0.960 bits per heavy atom. The molecular weight excluding hydrogens is 348 g/mol. The molecule has 1 saturated heterocycles. The van der Waals surface area contributed by atoms with Crippen LogP contribution in [-0.4, -0.2) is 18.6 Å². The van der Waals surface area contributed by atoms with Crippen molar-refractivity contribution in [2.75, 3.05) is 18.6 Å². The second-order valence-corrected chi connectivity index (χ2v) is 9.29. The van der Waals surface area contributed by atoms with Gasteiger partial charge in [0.25, 0.3) is 0 Å². The van der Waals surface area contributed by atoms with Gasteiger partial charge in [-0.2, -0.15) is 0 Å². The predicted molar refractivity (Wildman–Crippen MR) is 108 cm³/mol. The van der Waals surface area contributed by atoms with Gasteiger partial charge in [0, 0.05) is 0 Å². The molecular formula is C21H24O2S2. The summed E-state index contributed by atoms with van der Waals surface area (Å²) in [6, 6.07) is 15.1. The van der Waals surface area contributed by atoms with Crippen molar-refractivity contribution < 1.29 is 9.47 Å². The first kappa shape index (κ1) is 17.2. The van der Waals surface area contributed by atoms with E-state index in [1.807, 2.05) is 12.1 Å². The molecule has 2 aromatic rings. The first-order valence-electron chi connectivity index (χ1n) is 9.00. The zero-order chi connectivity index (χ0) is 17.1. The SMILES string of the molecule is COc1ccc(C2CCc3cc(C4SCCCCS4)ccc3O2)cc1. The third kappa shape index (κ3) is 3.95. The fraction of sp³-hybridized carbons (Fsp3) is 0.429. The maximum atomic E-state index is 6.30. The van der Waals surface area contributed by atoms with Crippen LogP contribution >= 0.6 is 23.5 Å². The van der Waals surface area contributed by atoms with E-state index in [0.29, 0.717) is 4.58 Å². The number of rotatable bonds is 3. The number of aryl methyl sites for hydroxylation is 1. The van der Waals surface area contributed by atoms with E-state index in [-0.39, 0.29) is 6.10 Å². The van der Waals surface area contributed by atoms with Crippen LogP contribution < -0.4 is 9.47 Å². The monoisotopic (exact) mass is 372 g/mol. The van der Waals surface area contributed by atoms with Crippen LogP contribution in [0.25, 0.3) is 0 Å². The molecule has 0 amide bonds. The summed E-state index contributed by atoms with van der Waals surface area (Å²) in [5, 5.41) is 0. The van der Waals surface area contributed by atoms with Crippen molar-refractivity contribution in [3.05, 3.63) is 59.2 Å². The number of hydrogen-bond donors (Lipinski definition) is 0. The summed E-state index contributed by atoms with van der Waals surface area (Å²) in [6.07, 6.45) is 4.97. The summed E-state index contributed by atoms with van der Waals surface area (Å²) in [5.41, 5.74) is 4.06. The van der Waals surface area contributed by atoms with Crippen LogP contribution in [-0.2, 0) is 6.42 Å². The van der Waals surface area contributed by atoms with Crippen LogP contribution in [0, 0.1) is 0 Å². The maximum absolute atomic E-state index is 6.30. The standard InChI is InChI=1S/C21H24O2S2/c1-22-18-8-4-15(5-9-18)19-10-6-16-14-17(7-11-20(16)23-19)21-24-12-2-3-13-25-21/h4-5,7-9,11,14,19,21H,2-3,6,10,12-13H2,1H3. The summed E-state index contributed by atoms with van der Waals surface area (Å²) in [7, 11) is 1.70. The van der Waals surface area contributed by atoms with E-state index in [1.165, 1.54) is 41.0 Å². The summed E-state index contributed by atoms with van der Waals surface area (Å²) in [4.78, 5) is 0. The van der Waals surface area contributed by atoms with Gasteiger partial charge in [-0.3, -0.25) is 0 Å². The minimum Gasteiger partial charge on any atom is -0.497 e. The van der Waals surface area contributed by atoms with Gasteiger partial charge in [-0.05, 0) is 72.1 Å². The van der Waals surface area contributed by atoms with E-state index in [1.54, 1.807) is 7.11 Å². The quantitative estimate of drug-likeness (QED) is 0.655. The van der Waals surface area contributed by atoms with Crippen LogP contribution in [0.15, 0.2) is 42.5 Å². The molecule has 0 saturated carbocycles. The van der Waals surface area contributed by atoms with Gasteiger partial charge in [0.05, 0.1) is 11.7 Å². The van der Waals surface area contributed by atoms with Crippen molar-refractivity contribution in [1.29, 1.82) is 0 Å². The highest BCUT2D eigenvalue weighted by Gasteiger charge is 2.23. The van der Waals surface area contributed by atoms with Crippen LogP contribution in [0.3, 0.4) is 0 Å². The number of hydrogen-bond acceptors (Lipinski definition) is 4. The molecule has 0 aromatic heterocycles. The molecule has 0 aliphatic carbocycles. The molecule has 132 valence electrons. The molecule has 1 fully saturated rings. The predicted octanol–water partition coefficient (Wildman–Crippen LogP) is 6.02. The molecule has 2 aliphatic heterocycles. The fourth-order valence-electron chi connectivity index (χ4n) is 3.43. The summed E-state index contributed by atoms with van der Waals surface area (Å²) in [5.74, 6) is 4.51. The Morgan fingerprint density at radius 3 is 2.40 bits per heavy atom. The molecule has 2 nitrogen and oxygen atoms in total. The molecule has 2 aromatic carbocycles. The molecule has 0 N–H and O–H groups in total. The van der Waals surface area contributed by atoms with Gasteiger partial charge in [0.2, 0.25) is 0 Å². The van der Waals surface area contributed by atoms with Crippen molar-refractivity contribution in [3.63, 3.8) is 0 Å². The Balaban J connectivity index is 1.49. The van der Waals surface area contributed by atoms with Gasteiger partial charge >= 0.3 is 0 Å². The van der Waals surface area contributed by atoms with E-state index in [2.05, 4.69) is 53.9 Å². The van der Waals surface area contributed by atoms with E-state index in [0.717, 1.165) is 24.3 Å². The Hall–Kier alpha value is -1.26. The second-order valence-electron chi connectivity index (χ2n) is 6.57. The molecule has 4 rings (SSSR count). The first-order valence-corrected chi connectivity index (χ1v) is 11.1. The van der Waals surface area contributed by atoms with Crippen molar-refractivity contribution >= 4 is 23.5 Å². The van der Waals surface area contributed by atoms with Gasteiger partial charge in [0.1, 0.15) is 17.6 Å². The Morgan fingerprint density at radius 2 is 1.68 bits per heavy atom. The van der Waals surface area contributed by atoms with Gasteiger partial charge in [-0.15, -0.1) is 23.5 Å². The molecule has 0 radical (unpaired) electrons. The number of fused-ring (bicyclic) bond motifs is 1. The normalized spacial score (nSPS) is 21.1. The Bertz CT molecular complexity index is 706. The van der Waals surface area contributed by atoms with Crippen LogP contribution in [0.4, 0.5) is 0 Å². The summed E-state index contributed by atoms with van der Waals surface area (Å²) >= 11 is 4.20. The molecule has 2 heterocycles. The molecule has 2 aliphatic rings. The van der Waals surface area contributed by atoms with Crippen molar-refractivity contribution in [2.24, 2.45) is 0 Å². The molecule has 0 spiro atoms. The van der Waals surface area contributed by atoms with Crippen LogP contribution in [0.2, 0.25) is 0 Å². The second kappa shape index (κ2) is 7.96. The molecule has 4 heteroatoms. The van der Waals surface area contributed by atoms with Gasteiger partial charge in [-0.25, -0.2) is 0 Å². The molecule has 0 bridgehead atoms. The van der Waals surface area contributed by atoms with Crippen molar-refractivity contribution in [1.82, 2.24) is 0 Å². The third-order valence-electron chi connectivity index (χ3n) is 4.87. The summed E-state index contributed by atoms with van der Waals surface area (Å²) < 4.78 is 12.1. The summed E-state index contributed by atoms with van der Waals surface area (Å²) in [6.45, 7) is 0. The zero-order valence-electron chi connectivity index (χ0n) is 14.6. The minimum absolute atomic E-state index is 0.144. The number of benzene rings is 2. The molecule has 25 heavy (non-hydrogen) atoms. The van der Waals surface area contributed by atoms with Gasteiger partial charge < -0.3 is 9.47 Å². The third-order valence-corrected chi connectivity index (χ3v) is 7.88. The smallest absolute Gasteiger partial charge is 0.124 e. The maximum Gasteiger partial charge on any atom is 0.124 e. The molecule has 1 unspecified atom stereocenters. The molecule has 1 atom stereocenters.